The Kier molecular flexibility index (Phi) is 6.32. The summed E-state index contributed by atoms with van der Waals surface area (Å²) in [6.45, 7) is 7.73. The van der Waals surface area contributed by atoms with Gasteiger partial charge < -0.3 is 14.4 Å². The van der Waals surface area contributed by atoms with Crippen LogP contribution in [0, 0.1) is 11.8 Å². The van der Waals surface area contributed by atoms with Crippen LogP contribution in [0.4, 0.5) is 0 Å². The summed E-state index contributed by atoms with van der Waals surface area (Å²) in [6.07, 6.45) is 12.4. The van der Waals surface area contributed by atoms with Crippen LogP contribution in [0.25, 0.3) is 0 Å². The van der Waals surface area contributed by atoms with Crippen LogP contribution in [-0.4, -0.2) is 42.3 Å². The average molecular weight is 364 g/mol. The van der Waals surface area contributed by atoms with Gasteiger partial charge in [-0.05, 0) is 44.4 Å². The maximum Gasteiger partial charge on any atom is 0.332 e. The lowest BCUT2D eigenvalue weighted by Crippen LogP contribution is -2.52. The number of nitrogens with zero attached hydrogens (tertiary/aromatic N) is 1. The normalized spacial score (nSPS) is 31.1. The highest BCUT2D eigenvalue weighted by Gasteiger charge is 2.46. The molecule has 0 aromatic carbocycles. The van der Waals surface area contributed by atoms with Crippen molar-refractivity contribution in [1.29, 1.82) is 0 Å². The standard InChI is InChI=1S/C22H37NO3/c1-5-22(6-2,25-4)19-13-10-14-23(19)18-15-20(24)26-21(16(18)3)17-11-8-7-9-12-17/h15-17,19,21H,5-14H2,1-4H3/t16-,19+,21+/m1/s1. The first kappa shape index (κ1) is 19.7. The number of hydrogen-bond donors (Lipinski definition) is 0. The van der Waals surface area contributed by atoms with E-state index in [-0.39, 0.29) is 23.6 Å². The molecule has 0 unspecified atom stereocenters. The molecule has 2 aliphatic heterocycles. The van der Waals surface area contributed by atoms with Crippen LogP contribution in [0.3, 0.4) is 0 Å². The van der Waals surface area contributed by atoms with E-state index in [1.807, 2.05) is 7.11 Å². The molecule has 1 saturated carbocycles. The number of carbonyl (C=O) groups excluding carboxylic acids is 1. The first-order valence-corrected chi connectivity index (χ1v) is 10.8. The number of hydrogen-bond acceptors (Lipinski definition) is 4. The Balaban J connectivity index is 1.85. The first-order chi connectivity index (χ1) is 12.6. The summed E-state index contributed by atoms with van der Waals surface area (Å²) < 4.78 is 11.9. The van der Waals surface area contributed by atoms with Crippen molar-refractivity contribution in [2.24, 2.45) is 11.8 Å². The number of ether oxygens (including phenoxy) is 2. The van der Waals surface area contributed by atoms with E-state index in [1.54, 1.807) is 6.08 Å². The summed E-state index contributed by atoms with van der Waals surface area (Å²) >= 11 is 0. The molecule has 4 nitrogen and oxygen atoms in total. The van der Waals surface area contributed by atoms with Crippen molar-refractivity contribution in [3.05, 3.63) is 11.8 Å². The Morgan fingerprint density at radius 3 is 2.46 bits per heavy atom. The zero-order valence-electron chi connectivity index (χ0n) is 17.1. The molecule has 26 heavy (non-hydrogen) atoms. The quantitative estimate of drug-likeness (QED) is 0.642. The highest BCUT2D eigenvalue weighted by molar-refractivity contribution is 5.84. The molecular weight excluding hydrogens is 326 g/mol. The number of carbonyl (C=O) groups is 1. The van der Waals surface area contributed by atoms with Crippen LogP contribution >= 0.6 is 0 Å². The smallest absolute Gasteiger partial charge is 0.332 e. The Bertz CT molecular complexity index is 511. The number of cyclic esters (lactones) is 1. The summed E-state index contributed by atoms with van der Waals surface area (Å²) in [5.74, 6) is 0.659. The highest BCUT2D eigenvalue weighted by Crippen LogP contribution is 2.42. The van der Waals surface area contributed by atoms with E-state index < -0.39 is 0 Å². The molecule has 0 aromatic heterocycles. The summed E-state index contributed by atoms with van der Waals surface area (Å²) in [6, 6.07) is 0.356. The van der Waals surface area contributed by atoms with Crippen LogP contribution in [0.2, 0.25) is 0 Å². The van der Waals surface area contributed by atoms with Crippen molar-refractivity contribution in [3.63, 3.8) is 0 Å². The maximum absolute atomic E-state index is 12.4. The van der Waals surface area contributed by atoms with Crippen molar-refractivity contribution in [2.75, 3.05) is 13.7 Å². The van der Waals surface area contributed by atoms with Gasteiger partial charge in [-0.1, -0.05) is 40.0 Å². The monoisotopic (exact) mass is 363 g/mol. The number of rotatable bonds is 6. The van der Waals surface area contributed by atoms with E-state index in [9.17, 15) is 4.79 Å². The van der Waals surface area contributed by atoms with Gasteiger partial charge in [0.1, 0.15) is 6.10 Å². The number of esters is 1. The third-order valence-corrected chi connectivity index (χ3v) is 7.39. The molecule has 0 radical (unpaired) electrons. The van der Waals surface area contributed by atoms with Gasteiger partial charge in [-0.3, -0.25) is 0 Å². The molecule has 4 heteroatoms. The van der Waals surface area contributed by atoms with E-state index in [2.05, 4.69) is 25.7 Å². The molecule has 2 heterocycles. The molecule has 0 amide bonds. The second-order valence-corrected chi connectivity index (χ2v) is 8.48. The van der Waals surface area contributed by atoms with Gasteiger partial charge in [0, 0.05) is 31.3 Å². The van der Waals surface area contributed by atoms with Gasteiger partial charge >= 0.3 is 5.97 Å². The van der Waals surface area contributed by atoms with Crippen LogP contribution in [-0.2, 0) is 14.3 Å². The van der Waals surface area contributed by atoms with Gasteiger partial charge in [-0.15, -0.1) is 0 Å². The van der Waals surface area contributed by atoms with Gasteiger partial charge in [0.15, 0.2) is 0 Å². The molecule has 1 saturated heterocycles. The van der Waals surface area contributed by atoms with Gasteiger partial charge in [-0.25, -0.2) is 4.79 Å². The Labute approximate surface area is 159 Å². The molecule has 0 aromatic rings. The minimum Gasteiger partial charge on any atom is -0.458 e. The predicted octanol–water partition coefficient (Wildman–Crippen LogP) is 4.68. The summed E-state index contributed by atoms with van der Waals surface area (Å²) in [4.78, 5) is 14.9. The molecule has 3 aliphatic rings. The Morgan fingerprint density at radius 1 is 1.15 bits per heavy atom. The molecule has 0 spiro atoms. The first-order valence-electron chi connectivity index (χ1n) is 10.8. The Hall–Kier alpha value is -1.03. The molecule has 3 atom stereocenters. The van der Waals surface area contributed by atoms with Crippen LogP contribution in [0.1, 0.15) is 78.6 Å². The summed E-state index contributed by atoms with van der Waals surface area (Å²) in [7, 11) is 1.85. The molecular formula is C22H37NO3. The summed E-state index contributed by atoms with van der Waals surface area (Å²) in [5.41, 5.74) is 1.07. The zero-order chi connectivity index (χ0) is 18.7. The lowest BCUT2D eigenvalue weighted by Gasteiger charge is -2.46. The van der Waals surface area contributed by atoms with E-state index >= 15 is 0 Å². The molecule has 0 bridgehead atoms. The number of methoxy groups -OCH3 is 1. The minimum atomic E-state index is -0.143. The molecule has 0 N–H and O–H groups in total. The third kappa shape index (κ3) is 3.54. The third-order valence-electron chi connectivity index (χ3n) is 7.39. The minimum absolute atomic E-state index is 0.0456. The predicted molar refractivity (Wildman–Crippen MR) is 104 cm³/mol. The van der Waals surface area contributed by atoms with Crippen molar-refractivity contribution in [3.8, 4) is 0 Å². The van der Waals surface area contributed by atoms with Crippen molar-refractivity contribution in [1.82, 2.24) is 4.90 Å². The van der Waals surface area contributed by atoms with E-state index in [0.717, 1.165) is 25.8 Å². The SMILES string of the molecule is CCC(CC)(OC)[C@@H]1CCCN1C1=CC(=O)O[C@H](C2CCCCC2)[C@@H]1C. The van der Waals surface area contributed by atoms with Crippen molar-refractivity contribution in [2.45, 2.75) is 96.3 Å². The fraction of sp³-hybridized carbons (Fsp3) is 0.864. The second-order valence-electron chi connectivity index (χ2n) is 8.48. The van der Waals surface area contributed by atoms with Crippen LogP contribution in [0.15, 0.2) is 11.8 Å². The second kappa shape index (κ2) is 8.33. The average Bonchev–Trinajstić information content (AvgIpc) is 3.16. The molecule has 148 valence electrons. The van der Waals surface area contributed by atoms with Gasteiger partial charge in [0.2, 0.25) is 0 Å². The lowest BCUT2D eigenvalue weighted by molar-refractivity contribution is -0.152. The van der Waals surface area contributed by atoms with Gasteiger partial charge in [0.25, 0.3) is 0 Å². The number of likely N-dealkylation sites (tertiary alicyclic amines) is 1. The fourth-order valence-corrected chi connectivity index (χ4v) is 5.77. The zero-order valence-corrected chi connectivity index (χ0v) is 17.1. The van der Waals surface area contributed by atoms with Crippen LogP contribution < -0.4 is 0 Å². The topological polar surface area (TPSA) is 38.8 Å². The van der Waals surface area contributed by atoms with Gasteiger partial charge in [-0.2, -0.15) is 0 Å². The van der Waals surface area contributed by atoms with E-state index in [1.165, 1.54) is 44.2 Å². The van der Waals surface area contributed by atoms with Crippen molar-refractivity contribution < 1.29 is 14.3 Å². The maximum atomic E-state index is 12.4. The Morgan fingerprint density at radius 2 is 1.85 bits per heavy atom. The highest BCUT2D eigenvalue weighted by atomic mass is 16.5. The largest absolute Gasteiger partial charge is 0.458 e. The summed E-state index contributed by atoms with van der Waals surface area (Å²) in [5, 5.41) is 0. The molecule has 2 fully saturated rings. The van der Waals surface area contributed by atoms with Gasteiger partial charge in [0.05, 0.1) is 11.6 Å². The van der Waals surface area contributed by atoms with E-state index in [4.69, 9.17) is 9.47 Å². The molecule has 3 rings (SSSR count). The van der Waals surface area contributed by atoms with E-state index in [0.29, 0.717) is 12.0 Å². The fourth-order valence-electron chi connectivity index (χ4n) is 5.77. The lowest BCUT2D eigenvalue weighted by atomic mass is 9.78. The van der Waals surface area contributed by atoms with Crippen molar-refractivity contribution >= 4 is 5.97 Å². The van der Waals surface area contributed by atoms with Crippen LogP contribution in [0.5, 0.6) is 0 Å². The molecule has 1 aliphatic carbocycles.